The lowest BCUT2D eigenvalue weighted by atomic mass is 10.1. The van der Waals surface area contributed by atoms with Gasteiger partial charge in [-0.25, -0.2) is 4.79 Å². The Morgan fingerprint density at radius 3 is 2.19 bits per heavy atom. The van der Waals surface area contributed by atoms with Crippen molar-refractivity contribution in [3.8, 4) is 0 Å². The van der Waals surface area contributed by atoms with Gasteiger partial charge in [-0.2, -0.15) is 13.2 Å². The van der Waals surface area contributed by atoms with Crippen LogP contribution in [-0.4, -0.2) is 60.6 Å². The van der Waals surface area contributed by atoms with Gasteiger partial charge in [0.2, 0.25) is 5.91 Å². The van der Waals surface area contributed by atoms with Gasteiger partial charge < -0.3 is 15.1 Å². The Kier molecular flexibility index (Phi) is 4.34. The molecule has 5 nitrogen and oxygen atoms in total. The molecule has 0 aromatic rings. The van der Waals surface area contributed by atoms with Crippen molar-refractivity contribution >= 4 is 11.9 Å². The van der Waals surface area contributed by atoms with Gasteiger partial charge in [-0.1, -0.05) is 0 Å². The normalized spacial score (nSPS) is 21.7. The zero-order valence-electron chi connectivity index (χ0n) is 12.0. The van der Waals surface area contributed by atoms with Crippen LogP contribution in [0.25, 0.3) is 0 Å². The summed E-state index contributed by atoms with van der Waals surface area (Å²) >= 11 is 0. The molecule has 0 spiro atoms. The molecule has 3 amide bonds. The molecular weight excluding hydrogens is 287 g/mol. The molecule has 2 fully saturated rings. The van der Waals surface area contributed by atoms with E-state index < -0.39 is 17.6 Å². The summed E-state index contributed by atoms with van der Waals surface area (Å²) in [5, 5.41) is 2.40. The number of halogens is 3. The maximum absolute atomic E-state index is 12.8. The van der Waals surface area contributed by atoms with Crippen LogP contribution in [0.2, 0.25) is 0 Å². The van der Waals surface area contributed by atoms with Crippen LogP contribution >= 0.6 is 0 Å². The zero-order valence-corrected chi connectivity index (χ0v) is 12.0. The molecule has 1 saturated heterocycles. The number of hydrogen-bond donors (Lipinski definition) is 1. The van der Waals surface area contributed by atoms with Crippen LogP contribution in [0.5, 0.6) is 0 Å². The Labute approximate surface area is 121 Å². The number of urea groups is 1. The Hall–Kier alpha value is -1.47. The second kappa shape index (κ2) is 5.73. The SMILES string of the molecule is CC(=O)N1CCCN(C(=O)NCC2(C(F)(F)F)CC2)CC1. The maximum atomic E-state index is 12.8. The highest BCUT2D eigenvalue weighted by molar-refractivity contribution is 5.75. The second-order valence-electron chi connectivity index (χ2n) is 5.78. The third-order valence-corrected chi connectivity index (χ3v) is 4.26. The van der Waals surface area contributed by atoms with Crippen molar-refractivity contribution in [1.82, 2.24) is 15.1 Å². The molecular formula is C13H20F3N3O2. The van der Waals surface area contributed by atoms with Crippen LogP contribution in [-0.2, 0) is 4.79 Å². The Morgan fingerprint density at radius 2 is 1.67 bits per heavy atom. The van der Waals surface area contributed by atoms with Crippen molar-refractivity contribution in [2.24, 2.45) is 5.41 Å². The molecule has 0 unspecified atom stereocenters. The molecule has 8 heteroatoms. The quantitative estimate of drug-likeness (QED) is 0.842. The number of alkyl halides is 3. The van der Waals surface area contributed by atoms with Crippen LogP contribution in [0.15, 0.2) is 0 Å². The third kappa shape index (κ3) is 3.59. The van der Waals surface area contributed by atoms with Crippen molar-refractivity contribution in [3.05, 3.63) is 0 Å². The molecule has 1 saturated carbocycles. The first-order chi connectivity index (χ1) is 9.75. The molecule has 1 heterocycles. The molecule has 0 aromatic heterocycles. The van der Waals surface area contributed by atoms with Gasteiger partial charge in [0.25, 0.3) is 0 Å². The van der Waals surface area contributed by atoms with Crippen molar-refractivity contribution < 1.29 is 22.8 Å². The van der Waals surface area contributed by atoms with Crippen molar-refractivity contribution in [2.45, 2.75) is 32.4 Å². The first-order valence-electron chi connectivity index (χ1n) is 7.10. The predicted octanol–water partition coefficient (Wildman–Crippen LogP) is 1.59. The maximum Gasteiger partial charge on any atom is 0.396 e. The number of carbonyl (C=O) groups is 2. The summed E-state index contributed by atoms with van der Waals surface area (Å²) in [7, 11) is 0. The zero-order chi connectivity index (χ0) is 15.7. The smallest absolute Gasteiger partial charge is 0.341 e. The molecule has 0 bridgehead atoms. The van der Waals surface area contributed by atoms with Crippen molar-refractivity contribution in [3.63, 3.8) is 0 Å². The number of rotatable bonds is 2. The highest BCUT2D eigenvalue weighted by Crippen LogP contribution is 2.57. The molecule has 0 radical (unpaired) electrons. The van der Waals surface area contributed by atoms with Crippen LogP contribution < -0.4 is 5.32 Å². The molecule has 2 rings (SSSR count). The summed E-state index contributed by atoms with van der Waals surface area (Å²) in [5.74, 6) is -0.0498. The first-order valence-corrected chi connectivity index (χ1v) is 7.10. The average molecular weight is 307 g/mol. The summed E-state index contributed by atoms with van der Waals surface area (Å²) in [6, 6.07) is -0.476. The minimum absolute atomic E-state index is 0.0498. The standard InChI is InChI=1S/C13H20F3N3O2/c1-10(20)18-5-2-6-19(8-7-18)11(21)17-9-12(3-4-12)13(14,15)16/h2-9H2,1H3,(H,17,21). The monoisotopic (exact) mass is 307 g/mol. The van der Waals surface area contributed by atoms with Gasteiger partial charge in [-0.05, 0) is 19.3 Å². The summed E-state index contributed by atoms with van der Waals surface area (Å²) in [5.41, 5.74) is -1.72. The Bertz CT molecular complexity index is 421. The number of nitrogens with zero attached hydrogens (tertiary/aromatic N) is 2. The number of nitrogens with one attached hydrogen (secondary N) is 1. The topological polar surface area (TPSA) is 52.7 Å². The van der Waals surface area contributed by atoms with Crippen molar-refractivity contribution in [1.29, 1.82) is 0 Å². The van der Waals surface area contributed by atoms with Gasteiger partial charge in [0, 0.05) is 39.6 Å². The van der Waals surface area contributed by atoms with Crippen LogP contribution in [0, 0.1) is 5.41 Å². The molecule has 0 atom stereocenters. The molecule has 1 N–H and O–H groups in total. The highest BCUT2D eigenvalue weighted by Gasteiger charge is 2.63. The van der Waals surface area contributed by atoms with Gasteiger partial charge in [-0.15, -0.1) is 0 Å². The summed E-state index contributed by atoms with van der Waals surface area (Å²) < 4.78 is 38.4. The molecule has 1 aliphatic carbocycles. The lowest BCUT2D eigenvalue weighted by molar-refractivity contribution is -0.184. The summed E-state index contributed by atoms with van der Waals surface area (Å²) in [6.45, 7) is 2.91. The van der Waals surface area contributed by atoms with E-state index in [1.165, 1.54) is 11.8 Å². The van der Waals surface area contributed by atoms with E-state index in [-0.39, 0.29) is 25.3 Å². The highest BCUT2D eigenvalue weighted by atomic mass is 19.4. The Morgan fingerprint density at radius 1 is 1.10 bits per heavy atom. The molecule has 2 aliphatic rings. The molecule has 1 aliphatic heterocycles. The number of amides is 3. The number of hydrogen-bond acceptors (Lipinski definition) is 2. The van der Waals surface area contributed by atoms with Crippen molar-refractivity contribution in [2.75, 3.05) is 32.7 Å². The minimum Gasteiger partial charge on any atom is -0.341 e. The fourth-order valence-corrected chi connectivity index (χ4v) is 2.50. The first kappa shape index (κ1) is 15.9. The number of carbonyl (C=O) groups excluding carboxylic acids is 2. The Balaban J connectivity index is 1.83. The summed E-state index contributed by atoms with van der Waals surface area (Å²) in [4.78, 5) is 26.4. The van der Waals surface area contributed by atoms with Crippen LogP contribution in [0.1, 0.15) is 26.2 Å². The molecule has 21 heavy (non-hydrogen) atoms. The molecule has 120 valence electrons. The predicted molar refractivity (Wildman–Crippen MR) is 69.6 cm³/mol. The van der Waals surface area contributed by atoms with E-state index in [9.17, 15) is 22.8 Å². The van der Waals surface area contributed by atoms with E-state index in [2.05, 4.69) is 5.32 Å². The fraction of sp³-hybridized carbons (Fsp3) is 0.846. The second-order valence-corrected chi connectivity index (χ2v) is 5.78. The lowest BCUT2D eigenvalue weighted by Gasteiger charge is -2.24. The van der Waals surface area contributed by atoms with E-state index in [0.717, 1.165) is 0 Å². The average Bonchev–Trinajstić information content (AvgIpc) is 3.19. The molecule has 0 aromatic carbocycles. The summed E-state index contributed by atoms with van der Waals surface area (Å²) in [6.07, 6.45) is -3.47. The van der Waals surface area contributed by atoms with Gasteiger partial charge in [-0.3, -0.25) is 4.79 Å². The minimum atomic E-state index is -4.26. The third-order valence-electron chi connectivity index (χ3n) is 4.26. The van der Waals surface area contributed by atoms with E-state index >= 15 is 0 Å². The van der Waals surface area contributed by atoms with Gasteiger partial charge in [0.05, 0.1) is 5.41 Å². The van der Waals surface area contributed by atoms with E-state index in [4.69, 9.17) is 0 Å². The largest absolute Gasteiger partial charge is 0.396 e. The van der Waals surface area contributed by atoms with Crippen LogP contribution in [0.4, 0.5) is 18.0 Å². The van der Waals surface area contributed by atoms with Gasteiger partial charge in [0.15, 0.2) is 0 Å². The van der Waals surface area contributed by atoms with E-state index in [1.54, 1.807) is 4.90 Å². The van der Waals surface area contributed by atoms with Crippen LogP contribution in [0.3, 0.4) is 0 Å². The van der Waals surface area contributed by atoms with E-state index in [1.807, 2.05) is 0 Å². The van der Waals surface area contributed by atoms with Gasteiger partial charge in [0.1, 0.15) is 0 Å². The fourth-order valence-electron chi connectivity index (χ4n) is 2.50. The van der Waals surface area contributed by atoms with Gasteiger partial charge >= 0.3 is 12.2 Å². The lowest BCUT2D eigenvalue weighted by Crippen LogP contribution is -2.46. The van der Waals surface area contributed by atoms with E-state index in [0.29, 0.717) is 32.6 Å².